The fourth-order valence-electron chi connectivity index (χ4n) is 2.98. The number of nitrogens with zero attached hydrogens (tertiary/aromatic N) is 4. The summed E-state index contributed by atoms with van der Waals surface area (Å²) in [6.45, 7) is 4.60. The van der Waals surface area contributed by atoms with Crippen LogP contribution in [0.5, 0.6) is 0 Å². The Morgan fingerprint density at radius 3 is 2.83 bits per heavy atom. The van der Waals surface area contributed by atoms with Gasteiger partial charge < -0.3 is 10.2 Å². The Morgan fingerprint density at radius 1 is 1.38 bits per heavy atom. The van der Waals surface area contributed by atoms with Gasteiger partial charge in [-0.25, -0.2) is 4.68 Å². The van der Waals surface area contributed by atoms with Gasteiger partial charge in [0.15, 0.2) is 5.69 Å². The first-order valence-corrected chi connectivity index (χ1v) is 8.07. The third-order valence-electron chi connectivity index (χ3n) is 4.26. The number of aryl methyl sites for hydroxylation is 1. The van der Waals surface area contributed by atoms with Crippen LogP contribution in [-0.4, -0.2) is 45.9 Å². The maximum atomic E-state index is 12.5. The van der Waals surface area contributed by atoms with Gasteiger partial charge in [-0.1, -0.05) is 35.0 Å². The van der Waals surface area contributed by atoms with Gasteiger partial charge in [-0.15, -0.1) is 17.5 Å². The Labute approximate surface area is 148 Å². The Hall–Kier alpha value is -1.92. The van der Waals surface area contributed by atoms with Crippen molar-refractivity contribution in [3.63, 3.8) is 0 Å². The predicted molar refractivity (Wildman–Crippen MR) is 95.4 cm³/mol. The summed E-state index contributed by atoms with van der Waals surface area (Å²) in [5, 5.41) is 11.6. The van der Waals surface area contributed by atoms with E-state index in [4.69, 9.17) is 0 Å². The molecule has 1 saturated heterocycles. The molecule has 0 bridgehead atoms. The maximum Gasteiger partial charge on any atom is 0.276 e. The number of aromatic nitrogens is 3. The molecule has 0 saturated carbocycles. The number of amides is 1. The van der Waals surface area contributed by atoms with Crippen molar-refractivity contribution in [2.45, 2.75) is 32.4 Å². The van der Waals surface area contributed by atoms with Gasteiger partial charge in [0.1, 0.15) is 0 Å². The molecule has 130 valence electrons. The maximum absolute atomic E-state index is 12.5. The molecule has 0 unspecified atom stereocenters. The third kappa shape index (κ3) is 4.33. The third-order valence-corrected chi connectivity index (χ3v) is 4.26. The van der Waals surface area contributed by atoms with Crippen molar-refractivity contribution in [3.05, 3.63) is 47.3 Å². The molecule has 3 rings (SSSR count). The fraction of sp³-hybridized carbons (Fsp3) is 0.471. The number of carbonyl (C=O) groups is 1. The molecule has 1 aromatic carbocycles. The Morgan fingerprint density at radius 2 is 2.12 bits per heavy atom. The number of carbonyl (C=O) groups excluding carboxylic acids is 1. The molecule has 0 spiro atoms. The van der Waals surface area contributed by atoms with Crippen LogP contribution in [0.4, 0.5) is 0 Å². The quantitative estimate of drug-likeness (QED) is 0.919. The minimum absolute atomic E-state index is 0. The second-order valence-corrected chi connectivity index (χ2v) is 6.22. The highest BCUT2D eigenvalue weighted by Crippen LogP contribution is 2.17. The van der Waals surface area contributed by atoms with Crippen LogP contribution in [0, 0.1) is 6.92 Å². The number of hydrogen-bond acceptors (Lipinski definition) is 4. The predicted octanol–water partition coefficient (Wildman–Crippen LogP) is 2.21. The molecular formula is C17H24ClN5O. The minimum atomic E-state index is -0.0910. The lowest BCUT2D eigenvalue weighted by Gasteiger charge is -2.22. The lowest BCUT2D eigenvalue weighted by atomic mass is 10.1. The van der Waals surface area contributed by atoms with E-state index in [0.717, 1.165) is 31.5 Å². The molecule has 0 radical (unpaired) electrons. The molecule has 1 aromatic heterocycles. The van der Waals surface area contributed by atoms with E-state index in [9.17, 15) is 4.79 Å². The van der Waals surface area contributed by atoms with E-state index in [1.54, 1.807) is 18.1 Å². The van der Waals surface area contributed by atoms with Gasteiger partial charge in [0.25, 0.3) is 5.91 Å². The Bertz CT molecular complexity index is 681. The van der Waals surface area contributed by atoms with E-state index >= 15 is 0 Å². The van der Waals surface area contributed by atoms with Gasteiger partial charge >= 0.3 is 0 Å². The van der Waals surface area contributed by atoms with Crippen LogP contribution in [0.25, 0.3) is 0 Å². The highest BCUT2D eigenvalue weighted by atomic mass is 35.5. The van der Waals surface area contributed by atoms with Gasteiger partial charge in [-0.05, 0) is 38.4 Å². The van der Waals surface area contributed by atoms with E-state index in [-0.39, 0.29) is 18.3 Å². The molecule has 0 aliphatic carbocycles. The van der Waals surface area contributed by atoms with Crippen molar-refractivity contribution in [1.29, 1.82) is 0 Å². The van der Waals surface area contributed by atoms with E-state index in [1.807, 2.05) is 16.8 Å². The summed E-state index contributed by atoms with van der Waals surface area (Å²) in [6, 6.07) is 8.53. The molecule has 1 aliphatic heterocycles. The molecule has 2 heterocycles. The molecular weight excluding hydrogens is 326 g/mol. The van der Waals surface area contributed by atoms with E-state index < -0.39 is 0 Å². The van der Waals surface area contributed by atoms with Crippen LogP contribution < -0.4 is 5.32 Å². The highest BCUT2D eigenvalue weighted by molar-refractivity contribution is 5.91. The summed E-state index contributed by atoms with van der Waals surface area (Å²) in [5.74, 6) is -0.0910. The number of rotatable bonds is 4. The van der Waals surface area contributed by atoms with E-state index in [2.05, 4.69) is 34.7 Å². The van der Waals surface area contributed by atoms with Crippen molar-refractivity contribution < 1.29 is 4.79 Å². The molecule has 1 N–H and O–H groups in total. The van der Waals surface area contributed by atoms with Crippen molar-refractivity contribution in [3.8, 4) is 0 Å². The summed E-state index contributed by atoms with van der Waals surface area (Å²) in [6.07, 6.45) is 3.83. The second kappa shape index (κ2) is 8.26. The largest absolute Gasteiger partial charge is 0.336 e. The first kappa shape index (κ1) is 18.4. The van der Waals surface area contributed by atoms with Crippen molar-refractivity contribution in [2.24, 2.45) is 0 Å². The molecule has 0 atom stereocenters. The summed E-state index contributed by atoms with van der Waals surface area (Å²) < 4.78 is 1.84. The zero-order valence-corrected chi connectivity index (χ0v) is 14.9. The van der Waals surface area contributed by atoms with Crippen LogP contribution in [0.15, 0.2) is 30.5 Å². The number of nitrogens with one attached hydrogen (secondary N) is 1. The van der Waals surface area contributed by atoms with Gasteiger partial charge in [-0.3, -0.25) is 4.79 Å². The highest BCUT2D eigenvalue weighted by Gasteiger charge is 2.20. The molecule has 1 aliphatic rings. The average molecular weight is 350 g/mol. The number of halogens is 1. The van der Waals surface area contributed by atoms with Crippen molar-refractivity contribution >= 4 is 18.3 Å². The Kier molecular flexibility index (Phi) is 6.34. The van der Waals surface area contributed by atoms with Crippen LogP contribution in [0.1, 0.15) is 40.5 Å². The molecule has 2 aromatic rings. The molecule has 7 heteroatoms. The first-order chi connectivity index (χ1) is 11.1. The van der Waals surface area contributed by atoms with Crippen LogP contribution in [-0.2, 0) is 6.54 Å². The summed E-state index contributed by atoms with van der Waals surface area (Å²) in [7, 11) is 1.80. The summed E-state index contributed by atoms with van der Waals surface area (Å²) in [5.41, 5.74) is 2.73. The average Bonchev–Trinajstić information content (AvgIpc) is 3.05. The molecule has 1 fully saturated rings. The standard InChI is InChI=1S/C17H23N5O.ClH/c1-13-4-3-5-14(10-13)11-21(2)17(23)16-12-22(20-19-16)15-6-8-18-9-7-15;/h3-5,10,12,15,18H,6-9,11H2,1-2H3;1H. The van der Waals surface area contributed by atoms with E-state index in [1.165, 1.54) is 5.56 Å². The lowest BCUT2D eigenvalue weighted by molar-refractivity contribution is 0.0779. The topological polar surface area (TPSA) is 63.1 Å². The molecule has 6 nitrogen and oxygen atoms in total. The summed E-state index contributed by atoms with van der Waals surface area (Å²) >= 11 is 0. The zero-order valence-electron chi connectivity index (χ0n) is 14.1. The molecule has 24 heavy (non-hydrogen) atoms. The minimum Gasteiger partial charge on any atom is -0.336 e. The SMILES string of the molecule is Cc1cccc(CN(C)C(=O)c2cn(C3CCNCC3)nn2)c1.Cl. The van der Waals surface area contributed by atoms with Gasteiger partial charge in [-0.2, -0.15) is 0 Å². The van der Waals surface area contributed by atoms with E-state index in [0.29, 0.717) is 18.3 Å². The lowest BCUT2D eigenvalue weighted by Crippen LogP contribution is -2.29. The van der Waals surface area contributed by atoms with Gasteiger partial charge in [0, 0.05) is 13.6 Å². The van der Waals surface area contributed by atoms with Crippen molar-refractivity contribution in [2.75, 3.05) is 20.1 Å². The smallest absolute Gasteiger partial charge is 0.276 e. The zero-order chi connectivity index (χ0) is 16.2. The number of benzene rings is 1. The summed E-state index contributed by atoms with van der Waals surface area (Å²) in [4.78, 5) is 14.2. The van der Waals surface area contributed by atoms with Crippen LogP contribution in [0.3, 0.4) is 0 Å². The van der Waals surface area contributed by atoms with Gasteiger partial charge in [0.2, 0.25) is 0 Å². The van der Waals surface area contributed by atoms with Crippen molar-refractivity contribution in [1.82, 2.24) is 25.2 Å². The van der Waals surface area contributed by atoms with Gasteiger partial charge in [0.05, 0.1) is 12.2 Å². The van der Waals surface area contributed by atoms with Crippen LogP contribution >= 0.6 is 12.4 Å². The first-order valence-electron chi connectivity index (χ1n) is 8.07. The number of hydrogen-bond donors (Lipinski definition) is 1. The normalized spacial score (nSPS) is 14.9. The molecule has 1 amide bonds. The fourth-order valence-corrected chi connectivity index (χ4v) is 2.98. The monoisotopic (exact) mass is 349 g/mol. The second-order valence-electron chi connectivity index (χ2n) is 6.22. The van der Waals surface area contributed by atoms with Crippen LogP contribution in [0.2, 0.25) is 0 Å². The Balaban J connectivity index is 0.00000208. The number of piperidine rings is 1.